The van der Waals surface area contributed by atoms with E-state index in [9.17, 15) is 13.2 Å². The fourth-order valence-electron chi connectivity index (χ4n) is 1.85. The van der Waals surface area contributed by atoms with Gasteiger partial charge >= 0.3 is 6.18 Å². The first-order chi connectivity index (χ1) is 7.47. The highest BCUT2D eigenvalue weighted by atomic mass is 19.4. The lowest BCUT2D eigenvalue weighted by Gasteiger charge is -2.33. The van der Waals surface area contributed by atoms with E-state index in [1.54, 1.807) is 12.0 Å². The summed E-state index contributed by atoms with van der Waals surface area (Å²) in [5.74, 6) is -1.90. The van der Waals surface area contributed by atoms with Crippen molar-refractivity contribution in [1.29, 1.82) is 5.26 Å². The van der Waals surface area contributed by atoms with Gasteiger partial charge in [0.05, 0.1) is 12.2 Å². The van der Waals surface area contributed by atoms with Gasteiger partial charge in [0.25, 0.3) is 0 Å². The number of hydrogen-bond donors (Lipinski definition) is 0. The highest BCUT2D eigenvalue weighted by molar-refractivity contribution is 4.91. The van der Waals surface area contributed by atoms with E-state index >= 15 is 0 Å². The van der Waals surface area contributed by atoms with E-state index in [0.717, 1.165) is 12.8 Å². The summed E-state index contributed by atoms with van der Waals surface area (Å²) in [7, 11) is 1.56. The minimum absolute atomic E-state index is 0.0127. The molecule has 2 unspecified atom stereocenters. The summed E-state index contributed by atoms with van der Waals surface area (Å²) in [6, 6.07) is 1.31. The Morgan fingerprint density at radius 2 is 2.25 bits per heavy atom. The Hall–Kier alpha value is -0.800. The first-order valence-corrected chi connectivity index (χ1v) is 5.19. The molecule has 6 heteroatoms. The maximum absolute atomic E-state index is 12.4. The third kappa shape index (κ3) is 3.65. The van der Waals surface area contributed by atoms with Crippen LogP contribution in [0.1, 0.15) is 12.8 Å². The van der Waals surface area contributed by atoms with Gasteiger partial charge in [-0.15, -0.1) is 0 Å². The van der Waals surface area contributed by atoms with Crippen molar-refractivity contribution in [2.45, 2.75) is 25.1 Å². The van der Waals surface area contributed by atoms with Crippen molar-refractivity contribution in [3.63, 3.8) is 0 Å². The van der Waals surface area contributed by atoms with Gasteiger partial charge in [-0.3, -0.25) is 4.90 Å². The Morgan fingerprint density at radius 3 is 2.75 bits per heavy atom. The van der Waals surface area contributed by atoms with E-state index in [2.05, 4.69) is 0 Å². The first kappa shape index (κ1) is 13.3. The maximum atomic E-state index is 12.4. The molecule has 2 atom stereocenters. The molecule has 1 saturated heterocycles. The second kappa shape index (κ2) is 5.51. The predicted molar refractivity (Wildman–Crippen MR) is 51.6 cm³/mol. The van der Waals surface area contributed by atoms with Crippen LogP contribution in [0.25, 0.3) is 0 Å². The molecule has 1 aliphatic rings. The van der Waals surface area contributed by atoms with E-state index in [1.165, 1.54) is 6.07 Å². The minimum atomic E-state index is -4.44. The summed E-state index contributed by atoms with van der Waals surface area (Å²) in [5.41, 5.74) is 0. The smallest absolute Gasteiger partial charge is 0.380 e. The van der Waals surface area contributed by atoms with Crippen LogP contribution in [0, 0.1) is 17.2 Å². The molecule has 0 aromatic rings. The number of ether oxygens (including phenoxy) is 1. The first-order valence-electron chi connectivity index (χ1n) is 5.19. The molecule has 92 valence electrons. The molecular weight excluding hydrogens is 221 g/mol. The highest BCUT2D eigenvalue weighted by Crippen LogP contribution is 2.27. The Labute approximate surface area is 92.8 Å². The molecule has 1 rings (SSSR count). The fourth-order valence-corrected chi connectivity index (χ4v) is 1.85. The molecule has 1 fully saturated rings. The Morgan fingerprint density at radius 1 is 1.56 bits per heavy atom. The molecule has 16 heavy (non-hydrogen) atoms. The molecule has 0 radical (unpaired) electrons. The Balaban J connectivity index is 2.50. The summed E-state index contributed by atoms with van der Waals surface area (Å²) in [4.78, 5) is 1.65. The number of methoxy groups -OCH3 is 1. The molecule has 0 N–H and O–H groups in total. The van der Waals surface area contributed by atoms with Crippen molar-refractivity contribution in [1.82, 2.24) is 4.90 Å². The van der Waals surface area contributed by atoms with Gasteiger partial charge in [0.2, 0.25) is 0 Å². The molecule has 1 aliphatic heterocycles. The number of piperidine rings is 1. The summed E-state index contributed by atoms with van der Waals surface area (Å²) >= 11 is 0. The molecule has 0 aromatic heterocycles. The van der Waals surface area contributed by atoms with E-state index in [4.69, 9.17) is 10.00 Å². The van der Waals surface area contributed by atoms with Crippen molar-refractivity contribution in [3.8, 4) is 6.07 Å². The van der Waals surface area contributed by atoms with Crippen LogP contribution in [0.5, 0.6) is 0 Å². The summed E-state index contributed by atoms with van der Waals surface area (Å²) in [6.45, 7) is 0.832. The Kier molecular flexibility index (Phi) is 4.56. The number of hydrogen-bond acceptors (Lipinski definition) is 3. The van der Waals surface area contributed by atoms with Gasteiger partial charge in [0.1, 0.15) is 0 Å². The van der Waals surface area contributed by atoms with Crippen molar-refractivity contribution < 1.29 is 17.9 Å². The van der Waals surface area contributed by atoms with Gasteiger partial charge in [-0.05, 0) is 19.4 Å². The van der Waals surface area contributed by atoms with Gasteiger partial charge in [-0.25, -0.2) is 0 Å². The predicted octanol–water partition coefficient (Wildman–Crippen LogP) is 1.80. The fraction of sp³-hybridized carbons (Fsp3) is 0.900. The zero-order valence-electron chi connectivity index (χ0n) is 9.13. The van der Waals surface area contributed by atoms with Gasteiger partial charge in [-0.1, -0.05) is 0 Å². The molecule has 0 bridgehead atoms. The van der Waals surface area contributed by atoms with Crippen LogP contribution >= 0.6 is 0 Å². The maximum Gasteiger partial charge on any atom is 0.405 e. The van der Waals surface area contributed by atoms with Crippen molar-refractivity contribution in [2.75, 3.05) is 26.7 Å². The largest absolute Gasteiger partial charge is 0.405 e. The highest BCUT2D eigenvalue weighted by Gasteiger charge is 2.41. The van der Waals surface area contributed by atoms with Gasteiger partial charge < -0.3 is 4.74 Å². The number of halogens is 3. The second-order valence-corrected chi connectivity index (χ2v) is 3.98. The SMILES string of the molecule is COC1CCCN(CC(C#N)C(F)(F)F)C1. The molecule has 3 nitrogen and oxygen atoms in total. The summed E-state index contributed by atoms with van der Waals surface area (Å²) in [6.07, 6.45) is -2.76. The van der Waals surface area contributed by atoms with E-state index in [1.807, 2.05) is 0 Å². The van der Waals surface area contributed by atoms with Crippen LogP contribution in [0.3, 0.4) is 0 Å². The van der Waals surface area contributed by atoms with Gasteiger partial charge in [0.15, 0.2) is 5.92 Å². The van der Waals surface area contributed by atoms with E-state index in [0.29, 0.717) is 13.1 Å². The van der Waals surface area contributed by atoms with Crippen LogP contribution < -0.4 is 0 Å². The van der Waals surface area contributed by atoms with Crippen molar-refractivity contribution in [3.05, 3.63) is 0 Å². The number of likely N-dealkylation sites (tertiary alicyclic amines) is 1. The third-order valence-electron chi connectivity index (χ3n) is 2.79. The molecule has 1 heterocycles. The minimum Gasteiger partial charge on any atom is -0.380 e. The number of rotatable bonds is 3. The average Bonchev–Trinajstić information content (AvgIpc) is 2.24. The summed E-state index contributed by atoms with van der Waals surface area (Å²) in [5, 5.41) is 8.49. The van der Waals surface area contributed by atoms with E-state index < -0.39 is 12.1 Å². The molecule has 0 aromatic carbocycles. The zero-order valence-corrected chi connectivity index (χ0v) is 9.13. The average molecular weight is 236 g/mol. The van der Waals surface area contributed by atoms with Gasteiger partial charge in [-0.2, -0.15) is 18.4 Å². The van der Waals surface area contributed by atoms with Crippen LogP contribution in [-0.4, -0.2) is 43.9 Å². The summed E-state index contributed by atoms with van der Waals surface area (Å²) < 4.78 is 42.2. The van der Waals surface area contributed by atoms with E-state index in [-0.39, 0.29) is 12.6 Å². The normalized spacial score (nSPS) is 25.1. The van der Waals surface area contributed by atoms with Crippen LogP contribution in [-0.2, 0) is 4.74 Å². The zero-order chi connectivity index (χ0) is 12.2. The molecule has 0 spiro atoms. The number of nitrogens with zero attached hydrogens (tertiary/aromatic N) is 2. The van der Waals surface area contributed by atoms with Crippen LogP contribution in [0.2, 0.25) is 0 Å². The lowest BCUT2D eigenvalue weighted by atomic mass is 10.1. The van der Waals surface area contributed by atoms with Crippen LogP contribution in [0.15, 0.2) is 0 Å². The monoisotopic (exact) mass is 236 g/mol. The Bertz CT molecular complexity index is 262. The van der Waals surface area contributed by atoms with Gasteiger partial charge in [0, 0.05) is 20.2 Å². The molecular formula is C10H15F3N2O. The van der Waals surface area contributed by atoms with Crippen molar-refractivity contribution >= 4 is 0 Å². The lowest BCUT2D eigenvalue weighted by Crippen LogP contribution is -2.44. The molecule has 0 aliphatic carbocycles. The van der Waals surface area contributed by atoms with Crippen LogP contribution in [0.4, 0.5) is 13.2 Å². The van der Waals surface area contributed by atoms with Crippen molar-refractivity contribution in [2.24, 2.45) is 5.92 Å². The molecule has 0 amide bonds. The number of alkyl halides is 3. The molecule has 0 saturated carbocycles. The lowest BCUT2D eigenvalue weighted by molar-refractivity contribution is -0.164. The number of nitriles is 1. The third-order valence-corrected chi connectivity index (χ3v) is 2.79. The quantitative estimate of drug-likeness (QED) is 0.749. The standard InChI is InChI=1S/C10H15F3N2O/c1-16-9-3-2-4-15(7-9)6-8(5-14)10(11,12)13/h8-9H,2-4,6-7H2,1H3. The second-order valence-electron chi connectivity index (χ2n) is 3.98. The topological polar surface area (TPSA) is 36.3 Å².